The topological polar surface area (TPSA) is 158 Å². The van der Waals surface area contributed by atoms with Crippen molar-refractivity contribution in [3.63, 3.8) is 0 Å². The summed E-state index contributed by atoms with van der Waals surface area (Å²) in [5, 5.41) is -1.84. The van der Waals surface area contributed by atoms with Crippen LogP contribution in [0.2, 0.25) is 0 Å². The van der Waals surface area contributed by atoms with E-state index in [0.29, 0.717) is 12.0 Å². The number of amides is 1. The van der Waals surface area contributed by atoms with E-state index in [0.717, 1.165) is 0 Å². The molecule has 0 aromatic rings. The van der Waals surface area contributed by atoms with E-state index >= 15 is 0 Å². The van der Waals surface area contributed by atoms with E-state index in [1.165, 1.54) is 0 Å². The van der Waals surface area contributed by atoms with E-state index in [-0.39, 0.29) is 6.42 Å². The average molecular weight is 303 g/mol. The van der Waals surface area contributed by atoms with Gasteiger partial charge in [-0.05, 0) is 13.3 Å². The normalized spacial score (nSPS) is 11.7. The van der Waals surface area contributed by atoms with Gasteiger partial charge in [0.05, 0.1) is 0 Å². The Hall–Kier alpha value is -0.490. The first-order valence-electron chi connectivity index (χ1n) is 4.89. The monoisotopic (exact) mass is 303 g/mol. The van der Waals surface area contributed by atoms with E-state index in [2.05, 4.69) is 6.58 Å². The fourth-order valence-corrected chi connectivity index (χ4v) is 3.55. The van der Waals surface area contributed by atoms with Gasteiger partial charge in [0.1, 0.15) is 0 Å². The van der Waals surface area contributed by atoms with Crippen molar-refractivity contribution in [2.24, 2.45) is 5.73 Å². The molecule has 10 heteroatoms. The summed E-state index contributed by atoms with van der Waals surface area (Å²) in [6.45, 7) is 6.45. The van der Waals surface area contributed by atoms with Crippen LogP contribution in [0.25, 0.3) is 0 Å². The molecule has 18 heavy (non-hydrogen) atoms. The van der Waals surface area contributed by atoms with Crippen molar-refractivity contribution in [2.45, 2.75) is 32.1 Å². The molecule has 0 bridgehead atoms. The lowest BCUT2D eigenvalue weighted by Crippen LogP contribution is -2.10. The summed E-state index contributed by atoms with van der Waals surface area (Å²) in [6.07, 6.45) is 0.148. The molecule has 0 aromatic carbocycles. The lowest BCUT2D eigenvalue weighted by atomic mass is 10.3. The summed E-state index contributed by atoms with van der Waals surface area (Å²) >= 11 is 0. The second-order valence-corrected chi connectivity index (χ2v) is 7.60. The minimum absolute atomic E-state index is 0.172. The van der Waals surface area contributed by atoms with Crippen molar-refractivity contribution in [3.05, 3.63) is 12.2 Å². The van der Waals surface area contributed by atoms with E-state index in [1.54, 1.807) is 13.8 Å². The molecule has 0 rings (SSSR count). The molecule has 0 radical (unpaired) electrons. The van der Waals surface area contributed by atoms with E-state index in [9.17, 15) is 13.9 Å². The summed E-state index contributed by atoms with van der Waals surface area (Å²) < 4.78 is 21.1. The largest absolute Gasteiger partial charge is 0.366 e. The Morgan fingerprint density at radius 3 is 1.56 bits per heavy atom. The van der Waals surface area contributed by atoms with Gasteiger partial charge in [-0.2, -0.15) is 0 Å². The Balaban J connectivity index is 0. The molecule has 0 aliphatic heterocycles. The molecular weight excluding hydrogens is 284 g/mol. The molecule has 0 fully saturated rings. The lowest BCUT2D eigenvalue weighted by Gasteiger charge is -2.18. The Bertz CT molecular complexity index is 349. The van der Waals surface area contributed by atoms with Gasteiger partial charge in [0, 0.05) is 5.57 Å². The van der Waals surface area contributed by atoms with Gasteiger partial charge in [-0.1, -0.05) is 19.9 Å². The standard InChI is InChI=1S/C4H7NO.C4H12O6P2/c1-3(2)4(5)6;1-2-3-4(11(5,6)7)12(8,9)10/h1H2,2H3,(H2,5,6);4H,2-3H2,1H3,(H2,5,6,7)(H2,8,9,10). The maximum Gasteiger partial charge on any atom is 0.340 e. The Labute approximate surface area is 105 Å². The summed E-state index contributed by atoms with van der Waals surface area (Å²) in [5.41, 5.74) is 5.09. The number of hydrogen-bond donors (Lipinski definition) is 5. The molecule has 0 saturated heterocycles. The van der Waals surface area contributed by atoms with Gasteiger partial charge in [0.15, 0.2) is 5.40 Å². The van der Waals surface area contributed by atoms with Crippen LogP contribution >= 0.6 is 15.2 Å². The third-order valence-electron chi connectivity index (χ3n) is 1.74. The van der Waals surface area contributed by atoms with Gasteiger partial charge < -0.3 is 25.3 Å². The number of primary amides is 1. The lowest BCUT2D eigenvalue weighted by molar-refractivity contribution is -0.114. The van der Waals surface area contributed by atoms with Crippen molar-refractivity contribution in [2.75, 3.05) is 0 Å². The highest BCUT2D eigenvalue weighted by molar-refractivity contribution is 7.70. The molecule has 6 N–H and O–H groups in total. The van der Waals surface area contributed by atoms with Crippen molar-refractivity contribution < 1.29 is 33.5 Å². The molecule has 0 aliphatic rings. The van der Waals surface area contributed by atoms with Crippen LogP contribution in [0.5, 0.6) is 0 Å². The first-order valence-corrected chi connectivity index (χ1v) is 8.26. The van der Waals surface area contributed by atoms with Gasteiger partial charge in [-0.25, -0.2) is 0 Å². The van der Waals surface area contributed by atoms with Gasteiger partial charge in [-0.15, -0.1) is 0 Å². The third kappa shape index (κ3) is 9.53. The first-order chi connectivity index (χ1) is 7.84. The Morgan fingerprint density at radius 2 is 1.50 bits per heavy atom. The molecule has 108 valence electrons. The first kappa shape index (κ1) is 19.8. The molecule has 0 saturated carbocycles. The molecule has 0 atom stereocenters. The number of hydrogen-bond acceptors (Lipinski definition) is 3. The third-order valence-corrected chi connectivity index (χ3v) is 5.62. The van der Waals surface area contributed by atoms with Crippen LogP contribution in [0.4, 0.5) is 0 Å². The maximum atomic E-state index is 10.6. The average Bonchev–Trinajstić information content (AvgIpc) is 2.11. The number of carbonyl (C=O) groups is 1. The van der Waals surface area contributed by atoms with Crippen LogP contribution in [0.1, 0.15) is 26.7 Å². The molecular formula is C8H19NO7P2. The summed E-state index contributed by atoms with van der Waals surface area (Å²) in [6, 6.07) is 0. The van der Waals surface area contributed by atoms with Crippen LogP contribution in [0, 0.1) is 0 Å². The second kappa shape index (κ2) is 7.84. The van der Waals surface area contributed by atoms with Crippen molar-refractivity contribution in [3.8, 4) is 0 Å². The van der Waals surface area contributed by atoms with Crippen LogP contribution < -0.4 is 5.73 Å². The van der Waals surface area contributed by atoms with Crippen molar-refractivity contribution in [1.82, 2.24) is 0 Å². The fraction of sp³-hybridized carbons (Fsp3) is 0.625. The quantitative estimate of drug-likeness (QED) is 0.365. The predicted molar refractivity (Wildman–Crippen MR) is 66.8 cm³/mol. The van der Waals surface area contributed by atoms with Gasteiger partial charge in [0.25, 0.3) is 0 Å². The van der Waals surface area contributed by atoms with Crippen LogP contribution in [-0.2, 0) is 13.9 Å². The van der Waals surface area contributed by atoms with E-state index < -0.39 is 26.5 Å². The van der Waals surface area contributed by atoms with Gasteiger partial charge in [-0.3, -0.25) is 13.9 Å². The number of carbonyl (C=O) groups excluding carboxylic acids is 1. The molecule has 0 spiro atoms. The SMILES string of the molecule is C=C(C)C(N)=O.CCCC(P(=O)(O)O)P(=O)(O)O. The summed E-state index contributed by atoms with van der Waals surface area (Å²) in [7, 11) is -9.35. The summed E-state index contributed by atoms with van der Waals surface area (Å²) in [5.74, 6) is -0.435. The Morgan fingerprint density at radius 1 is 1.22 bits per heavy atom. The number of nitrogens with two attached hydrogens (primary N) is 1. The molecule has 0 heterocycles. The minimum atomic E-state index is -4.68. The van der Waals surface area contributed by atoms with Crippen molar-refractivity contribution in [1.29, 1.82) is 0 Å². The van der Waals surface area contributed by atoms with Gasteiger partial charge in [0.2, 0.25) is 5.91 Å². The van der Waals surface area contributed by atoms with Crippen LogP contribution in [0.3, 0.4) is 0 Å². The smallest absolute Gasteiger partial charge is 0.340 e. The number of rotatable bonds is 5. The summed E-state index contributed by atoms with van der Waals surface area (Å²) in [4.78, 5) is 44.1. The molecule has 0 aromatic heterocycles. The van der Waals surface area contributed by atoms with Crippen molar-refractivity contribution >= 4 is 21.1 Å². The zero-order valence-corrected chi connectivity index (χ0v) is 12.0. The highest BCUT2D eigenvalue weighted by Crippen LogP contribution is 2.61. The zero-order chi connectivity index (χ0) is 15.1. The highest BCUT2D eigenvalue weighted by atomic mass is 31.2. The second-order valence-electron chi connectivity index (χ2n) is 3.59. The minimum Gasteiger partial charge on any atom is -0.366 e. The van der Waals surface area contributed by atoms with E-state index in [1.807, 2.05) is 0 Å². The molecule has 0 aliphatic carbocycles. The Kier molecular flexibility index (Phi) is 8.64. The predicted octanol–water partition coefficient (Wildman–Crippen LogP) is 0.516. The van der Waals surface area contributed by atoms with Crippen LogP contribution in [0.15, 0.2) is 12.2 Å². The van der Waals surface area contributed by atoms with Gasteiger partial charge >= 0.3 is 15.2 Å². The van der Waals surface area contributed by atoms with E-state index in [4.69, 9.17) is 25.3 Å². The maximum absolute atomic E-state index is 10.6. The highest BCUT2D eigenvalue weighted by Gasteiger charge is 2.42. The fourth-order valence-electron chi connectivity index (χ4n) is 0.790. The molecule has 0 unspecified atom stereocenters. The molecule has 1 amide bonds. The molecule has 8 nitrogen and oxygen atoms in total. The van der Waals surface area contributed by atoms with Crippen LogP contribution in [-0.4, -0.2) is 30.9 Å². The zero-order valence-electron chi connectivity index (χ0n) is 10.2.